The molecule has 1 aromatic carbocycles. The Morgan fingerprint density at radius 3 is 2.48 bits per heavy atom. The van der Waals surface area contributed by atoms with Crippen LogP contribution in [0.15, 0.2) is 24.3 Å². The summed E-state index contributed by atoms with van der Waals surface area (Å²) in [6, 6.07) is 4.63. The van der Waals surface area contributed by atoms with Crippen LogP contribution in [0.5, 0.6) is 0 Å². The first-order valence-electron chi connectivity index (χ1n) is 8.30. The number of rotatable bonds is 4. The Morgan fingerprint density at radius 2 is 1.96 bits per heavy atom. The van der Waals surface area contributed by atoms with Gasteiger partial charge >= 0.3 is 12.1 Å². The molecule has 2 heterocycles. The van der Waals surface area contributed by atoms with Crippen LogP contribution in [0.3, 0.4) is 0 Å². The maximum atomic E-state index is 12.6. The molecule has 10 heteroatoms. The molecule has 2 atom stereocenters. The standard InChI is InChI=1S/C17H18F3N3O4/c1-10(24)27-15-16(9-22-15)14(26)21-8-13(25)23(16)7-6-11-2-4-12(5-3-11)17(18,19)20/h2-5,15,22H,6-9H2,1H3,(H,21,26)/t15-,16+/m0/s1. The van der Waals surface area contributed by atoms with E-state index >= 15 is 0 Å². The Bertz CT molecular complexity index is 766. The van der Waals surface area contributed by atoms with Gasteiger partial charge in [-0.05, 0) is 24.1 Å². The van der Waals surface area contributed by atoms with Crippen LogP contribution >= 0.6 is 0 Å². The minimum Gasteiger partial charge on any atom is -0.444 e. The fraction of sp³-hybridized carbons (Fsp3) is 0.471. The number of halogens is 3. The van der Waals surface area contributed by atoms with Crippen LogP contribution in [-0.2, 0) is 31.7 Å². The molecule has 0 unspecified atom stereocenters. The molecule has 146 valence electrons. The van der Waals surface area contributed by atoms with E-state index in [0.717, 1.165) is 12.1 Å². The van der Waals surface area contributed by atoms with Gasteiger partial charge in [0.25, 0.3) is 5.91 Å². The number of piperazine rings is 1. The topological polar surface area (TPSA) is 87.7 Å². The minimum absolute atomic E-state index is 0.108. The highest BCUT2D eigenvalue weighted by Gasteiger charge is 2.62. The first kappa shape index (κ1) is 19.2. The number of alkyl halides is 3. The molecule has 2 N–H and O–H groups in total. The summed E-state index contributed by atoms with van der Waals surface area (Å²) in [6.07, 6.45) is -5.13. The first-order valence-corrected chi connectivity index (χ1v) is 8.30. The van der Waals surface area contributed by atoms with Crippen molar-refractivity contribution in [1.82, 2.24) is 15.5 Å². The minimum atomic E-state index is -4.42. The lowest BCUT2D eigenvalue weighted by molar-refractivity contribution is -0.190. The number of nitrogens with one attached hydrogen (secondary N) is 2. The summed E-state index contributed by atoms with van der Waals surface area (Å²) < 4.78 is 43.0. The Kier molecular flexibility index (Phi) is 4.85. The number of hydrogen-bond donors (Lipinski definition) is 2. The maximum absolute atomic E-state index is 12.6. The molecule has 0 aromatic heterocycles. The summed E-state index contributed by atoms with van der Waals surface area (Å²) >= 11 is 0. The molecule has 2 amide bonds. The van der Waals surface area contributed by atoms with Crippen molar-refractivity contribution in [2.75, 3.05) is 19.6 Å². The van der Waals surface area contributed by atoms with Gasteiger partial charge in [-0.15, -0.1) is 0 Å². The highest BCUT2D eigenvalue weighted by Crippen LogP contribution is 2.32. The predicted octanol–water partition coefficient (Wildman–Crippen LogP) is 0.438. The van der Waals surface area contributed by atoms with E-state index < -0.39 is 35.4 Å². The second-order valence-electron chi connectivity index (χ2n) is 6.47. The van der Waals surface area contributed by atoms with E-state index in [0.29, 0.717) is 5.56 Å². The molecule has 1 aromatic rings. The molecule has 2 saturated heterocycles. The van der Waals surface area contributed by atoms with Crippen molar-refractivity contribution in [3.63, 3.8) is 0 Å². The maximum Gasteiger partial charge on any atom is 0.416 e. The fourth-order valence-corrected chi connectivity index (χ4v) is 3.30. The number of hydrogen-bond acceptors (Lipinski definition) is 5. The zero-order chi connectivity index (χ0) is 19.8. The summed E-state index contributed by atoms with van der Waals surface area (Å²) in [4.78, 5) is 37.4. The summed E-state index contributed by atoms with van der Waals surface area (Å²) in [6.45, 7) is 1.25. The van der Waals surface area contributed by atoms with Crippen molar-refractivity contribution < 1.29 is 32.3 Å². The highest BCUT2D eigenvalue weighted by molar-refractivity contribution is 5.99. The summed E-state index contributed by atoms with van der Waals surface area (Å²) in [5.41, 5.74) is -1.50. The SMILES string of the molecule is CC(=O)O[C@@H]1NC[C@@]12C(=O)NCC(=O)N2CCc1ccc(C(F)(F)F)cc1. The molecule has 3 rings (SSSR count). The van der Waals surface area contributed by atoms with Gasteiger partial charge in [0.05, 0.1) is 12.1 Å². The molecular formula is C17H18F3N3O4. The predicted molar refractivity (Wildman–Crippen MR) is 86.2 cm³/mol. The molecule has 1 spiro atoms. The van der Waals surface area contributed by atoms with Crippen molar-refractivity contribution in [2.45, 2.75) is 31.3 Å². The lowest BCUT2D eigenvalue weighted by Gasteiger charge is -2.55. The molecule has 2 fully saturated rings. The van der Waals surface area contributed by atoms with Gasteiger partial charge in [-0.25, -0.2) is 0 Å². The van der Waals surface area contributed by atoms with Gasteiger partial charge in [-0.3, -0.25) is 19.7 Å². The smallest absolute Gasteiger partial charge is 0.416 e. The van der Waals surface area contributed by atoms with E-state index in [-0.39, 0.29) is 32.0 Å². The zero-order valence-electron chi connectivity index (χ0n) is 14.4. The largest absolute Gasteiger partial charge is 0.444 e. The van der Waals surface area contributed by atoms with E-state index in [4.69, 9.17) is 4.74 Å². The van der Waals surface area contributed by atoms with Crippen LogP contribution in [0.1, 0.15) is 18.1 Å². The van der Waals surface area contributed by atoms with E-state index in [1.54, 1.807) is 0 Å². The summed E-state index contributed by atoms with van der Waals surface area (Å²) in [5, 5.41) is 5.31. The lowest BCUT2D eigenvalue weighted by atomic mass is 9.84. The van der Waals surface area contributed by atoms with Crippen molar-refractivity contribution >= 4 is 17.8 Å². The van der Waals surface area contributed by atoms with Crippen LogP contribution in [0.2, 0.25) is 0 Å². The molecule has 2 aliphatic heterocycles. The number of carbonyl (C=O) groups excluding carboxylic acids is 3. The van der Waals surface area contributed by atoms with Gasteiger partial charge in [-0.2, -0.15) is 13.2 Å². The third kappa shape index (κ3) is 3.48. The summed E-state index contributed by atoms with van der Waals surface area (Å²) in [7, 11) is 0. The number of ether oxygens (including phenoxy) is 1. The normalized spacial score (nSPS) is 25.2. The van der Waals surface area contributed by atoms with Crippen LogP contribution in [0.4, 0.5) is 13.2 Å². The monoisotopic (exact) mass is 385 g/mol. The molecular weight excluding hydrogens is 367 g/mol. The summed E-state index contributed by atoms with van der Waals surface area (Å²) in [5.74, 6) is -1.38. The second-order valence-corrected chi connectivity index (χ2v) is 6.47. The van der Waals surface area contributed by atoms with Gasteiger partial charge in [0.2, 0.25) is 5.91 Å². The molecule has 7 nitrogen and oxygen atoms in total. The fourth-order valence-electron chi connectivity index (χ4n) is 3.30. The number of benzene rings is 1. The van der Waals surface area contributed by atoms with Crippen molar-refractivity contribution in [2.24, 2.45) is 0 Å². The molecule has 0 aliphatic carbocycles. The molecule has 0 saturated carbocycles. The van der Waals surface area contributed by atoms with E-state index in [1.165, 1.54) is 24.0 Å². The zero-order valence-corrected chi connectivity index (χ0v) is 14.4. The van der Waals surface area contributed by atoms with Crippen LogP contribution in [0, 0.1) is 0 Å². The third-order valence-corrected chi connectivity index (χ3v) is 4.76. The van der Waals surface area contributed by atoms with Crippen molar-refractivity contribution in [1.29, 1.82) is 0 Å². The van der Waals surface area contributed by atoms with Gasteiger partial charge < -0.3 is 15.0 Å². The highest BCUT2D eigenvalue weighted by atomic mass is 19.4. The number of amides is 2. The van der Waals surface area contributed by atoms with E-state index in [2.05, 4.69) is 10.6 Å². The molecule has 0 radical (unpaired) electrons. The average molecular weight is 385 g/mol. The number of esters is 1. The Balaban J connectivity index is 1.76. The Labute approximate surface area is 152 Å². The second kappa shape index (κ2) is 6.84. The lowest BCUT2D eigenvalue weighted by Crippen LogP contribution is -2.85. The van der Waals surface area contributed by atoms with Gasteiger partial charge in [0, 0.05) is 20.0 Å². The van der Waals surface area contributed by atoms with Crippen LogP contribution in [0.25, 0.3) is 0 Å². The van der Waals surface area contributed by atoms with Gasteiger partial charge in [-0.1, -0.05) is 12.1 Å². The van der Waals surface area contributed by atoms with Crippen molar-refractivity contribution in [3.8, 4) is 0 Å². The average Bonchev–Trinajstić information content (AvgIpc) is 2.58. The third-order valence-electron chi connectivity index (χ3n) is 4.76. The van der Waals surface area contributed by atoms with E-state index in [9.17, 15) is 27.6 Å². The van der Waals surface area contributed by atoms with Crippen LogP contribution < -0.4 is 10.6 Å². The molecule has 0 bridgehead atoms. The van der Waals surface area contributed by atoms with Crippen LogP contribution in [-0.4, -0.2) is 54.1 Å². The van der Waals surface area contributed by atoms with Crippen molar-refractivity contribution in [3.05, 3.63) is 35.4 Å². The van der Waals surface area contributed by atoms with Gasteiger partial charge in [0.15, 0.2) is 11.8 Å². The Hall–Kier alpha value is -2.62. The number of carbonyl (C=O) groups is 3. The van der Waals surface area contributed by atoms with Gasteiger partial charge in [0.1, 0.15) is 0 Å². The molecule has 2 aliphatic rings. The number of nitrogens with zero attached hydrogens (tertiary/aromatic N) is 1. The Morgan fingerprint density at radius 1 is 1.30 bits per heavy atom. The molecule has 27 heavy (non-hydrogen) atoms. The quantitative estimate of drug-likeness (QED) is 0.735. The first-order chi connectivity index (χ1) is 12.6. The van der Waals surface area contributed by atoms with E-state index in [1.807, 2.05) is 0 Å².